The van der Waals surface area contributed by atoms with Gasteiger partial charge in [-0.2, -0.15) is 0 Å². The number of fused-ring (bicyclic) bond motifs is 1. The summed E-state index contributed by atoms with van der Waals surface area (Å²) in [6.45, 7) is 0. The lowest BCUT2D eigenvalue weighted by Crippen LogP contribution is -2.13. The monoisotopic (exact) mass is 298 g/mol. The zero-order valence-electron chi connectivity index (χ0n) is 10.9. The molecule has 21 heavy (non-hydrogen) atoms. The summed E-state index contributed by atoms with van der Waals surface area (Å²) >= 11 is 6.06. The van der Waals surface area contributed by atoms with Crippen molar-refractivity contribution in [2.75, 3.05) is 0 Å². The number of carbonyl (C=O) groups is 2. The van der Waals surface area contributed by atoms with E-state index in [-0.39, 0.29) is 5.91 Å². The fourth-order valence-electron chi connectivity index (χ4n) is 2.31. The summed E-state index contributed by atoms with van der Waals surface area (Å²) in [4.78, 5) is 24.2. The number of hydrogen-bond donors (Lipinski definition) is 1. The number of benzene rings is 2. The highest BCUT2D eigenvalue weighted by atomic mass is 35.5. The molecule has 104 valence electrons. The van der Waals surface area contributed by atoms with Crippen LogP contribution in [0.25, 0.3) is 10.9 Å². The Labute approximate surface area is 125 Å². The van der Waals surface area contributed by atoms with Crippen molar-refractivity contribution in [3.05, 3.63) is 70.9 Å². The van der Waals surface area contributed by atoms with Crippen LogP contribution >= 0.6 is 11.6 Å². The van der Waals surface area contributed by atoms with Gasteiger partial charge in [0, 0.05) is 11.6 Å². The van der Waals surface area contributed by atoms with E-state index in [4.69, 9.17) is 17.3 Å². The molecule has 4 nitrogen and oxygen atoms in total. The number of nitrogens with two attached hydrogens (primary N) is 1. The third-order valence-corrected chi connectivity index (χ3v) is 3.63. The number of nitrogens with zero attached hydrogens (tertiary/aromatic N) is 1. The lowest BCUT2D eigenvalue weighted by Gasteiger charge is -2.05. The Balaban J connectivity index is 2.24. The number of carbonyl (C=O) groups excluding carboxylic acids is 2. The molecule has 1 amide bonds. The SMILES string of the molecule is NC(=O)c1cn(C(=O)c2ccccc2Cl)c2ccccc12. The highest BCUT2D eigenvalue weighted by Gasteiger charge is 2.18. The molecule has 0 atom stereocenters. The van der Waals surface area contributed by atoms with Gasteiger partial charge in [-0.3, -0.25) is 14.2 Å². The number of hydrogen-bond acceptors (Lipinski definition) is 2. The molecule has 0 saturated heterocycles. The second kappa shape index (κ2) is 5.07. The molecule has 1 aromatic heterocycles. The van der Waals surface area contributed by atoms with E-state index in [1.165, 1.54) is 10.8 Å². The van der Waals surface area contributed by atoms with Crippen LogP contribution in [0.1, 0.15) is 20.7 Å². The van der Waals surface area contributed by atoms with Gasteiger partial charge in [0.25, 0.3) is 11.8 Å². The zero-order valence-corrected chi connectivity index (χ0v) is 11.7. The Bertz CT molecular complexity index is 868. The van der Waals surface area contributed by atoms with Crippen molar-refractivity contribution in [2.45, 2.75) is 0 Å². The average molecular weight is 299 g/mol. The van der Waals surface area contributed by atoms with Gasteiger partial charge in [-0.25, -0.2) is 0 Å². The van der Waals surface area contributed by atoms with E-state index < -0.39 is 5.91 Å². The van der Waals surface area contributed by atoms with Crippen LogP contribution in [0.4, 0.5) is 0 Å². The smallest absolute Gasteiger partial charge is 0.263 e. The number of para-hydroxylation sites is 1. The van der Waals surface area contributed by atoms with Crippen molar-refractivity contribution in [3.63, 3.8) is 0 Å². The van der Waals surface area contributed by atoms with Crippen LogP contribution in [0.3, 0.4) is 0 Å². The van der Waals surface area contributed by atoms with Crippen LogP contribution < -0.4 is 5.73 Å². The van der Waals surface area contributed by atoms with Crippen molar-refractivity contribution in [2.24, 2.45) is 5.73 Å². The Morgan fingerprint density at radius 1 is 0.952 bits per heavy atom. The fraction of sp³-hybridized carbons (Fsp3) is 0. The van der Waals surface area contributed by atoms with Crippen LogP contribution in [-0.2, 0) is 0 Å². The van der Waals surface area contributed by atoms with Crippen LogP contribution in [0.2, 0.25) is 5.02 Å². The average Bonchev–Trinajstić information content (AvgIpc) is 2.87. The molecule has 0 aliphatic heterocycles. The molecular weight excluding hydrogens is 288 g/mol. The summed E-state index contributed by atoms with van der Waals surface area (Å²) in [7, 11) is 0. The number of halogens is 1. The third kappa shape index (κ3) is 2.19. The minimum atomic E-state index is -0.572. The summed E-state index contributed by atoms with van der Waals surface area (Å²) in [5.41, 5.74) is 6.68. The fourth-order valence-corrected chi connectivity index (χ4v) is 2.53. The largest absolute Gasteiger partial charge is 0.366 e. The molecule has 0 saturated carbocycles. The Morgan fingerprint density at radius 2 is 1.62 bits per heavy atom. The molecule has 0 aliphatic carbocycles. The van der Waals surface area contributed by atoms with Crippen molar-refractivity contribution in [3.8, 4) is 0 Å². The first-order valence-electron chi connectivity index (χ1n) is 6.28. The van der Waals surface area contributed by atoms with Gasteiger partial charge in [0.05, 0.1) is 21.7 Å². The van der Waals surface area contributed by atoms with Gasteiger partial charge in [0.1, 0.15) is 0 Å². The Hall–Kier alpha value is -2.59. The van der Waals surface area contributed by atoms with Gasteiger partial charge in [0.2, 0.25) is 0 Å². The summed E-state index contributed by atoms with van der Waals surface area (Å²) in [6, 6.07) is 13.9. The Morgan fingerprint density at radius 3 is 2.33 bits per heavy atom. The summed E-state index contributed by atoms with van der Waals surface area (Å²) in [5.74, 6) is -0.874. The molecule has 2 aromatic carbocycles. The van der Waals surface area contributed by atoms with Gasteiger partial charge >= 0.3 is 0 Å². The van der Waals surface area contributed by atoms with Gasteiger partial charge in [0.15, 0.2) is 0 Å². The van der Waals surface area contributed by atoms with Crippen LogP contribution in [-0.4, -0.2) is 16.4 Å². The molecule has 0 unspecified atom stereocenters. The zero-order chi connectivity index (χ0) is 15.0. The topological polar surface area (TPSA) is 65.1 Å². The molecule has 0 bridgehead atoms. The first kappa shape index (κ1) is 13.4. The molecule has 5 heteroatoms. The van der Waals surface area contributed by atoms with E-state index in [2.05, 4.69) is 0 Å². The predicted molar refractivity (Wildman–Crippen MR) is 81.6 cm³/mol. The maximum atomic E-state index is 12.6. The summed E-state index contributed by atoms with van der Waals surface area (Å²) in [6.07, 6.45) is 1.46. The molecule has 0 radical (unpaired) electrons. The standard InChI is InChI=1S/C16H11ClN2O2/c17-13-7-3-1-6-11(13)16(21)19-9-12(15(18)20)10-5-2-4-8-14(10)19/h1-9H,(H2,18,20). The van der Waals surface area contributed by atoms with Gasteiger partial charge in [-0.15, -0.1) is 0 Å². The van der Waals surface area contributed by atoms with Crippen LogP contribution in [0, 0.1) is 0 Å². The molecule has 3 aromatic rings. The maximum Gasteiger partial charge on any atom is 0.263 e. The van der Waals surface area contributed by atoms with Crippen molar-refractivity contribution in [1.82, 2.24) is 4.57 Å². The Kier molecular flexibility index (Phi) is 3.23. The van der Waals surface area contributed by atoms with E-state index in [1.54, 1.807) is 48.5 Å². The lowest BCUT2D eigenvalue weighted by atomic mass is 10.2. The van der Waals surface area contributed by atoms with Crippen molar-refractivity contribution >= 4 is 34.3 Å². The maximum absolute atomic E-state index is 12.6. The third-order valence-electron chi connectivity index (χ3n) is 3.30. The molecular formula is C16H11ClN2O2. The van der Waals surface area contributed by atoms with Crippen LogP contribution in [0.15, 0.2) is 54.7 Å². The summed E-state index contributed by atoms with van der Waals surface area (Å²) in [5, 5.41) is 1.01. The quantitative estimate of drug-likeness (QED) is 0.790. The van der Waals surface area contributed by atoms with E-state index >= 15 is 0 Å². The van der Waals surface area contributed by atoms with E-state index in [0.717, 1.165) is 0 Å². The predicted octanol–water partition coefficient (Wildman–Crippen LogP) is 3.08. The highest BCUT2D eigenvalue weighted by Crippen LogP contribution is 2.24. The number of primary amides is 1. The molecule has 3 rings (SSSR count). The normalized spacial score (nSPS) is 10.7. The minimum absolute atomic E-state index is 0.302. The second-order valence-corrected chi connectivity index (χ2v) is 4.99. The molecule has 2 N–H and O–H groups in total. The lowest BCUT2D eigenvalue weighted by molar-refractivity contribution is 0.0965. The first-order chi connectivity index (χ1) is 10.1. The minimum Gasteiger partial charge on any atom is -0.366 e. The first-order valence-corrected chi connectivity index (χ1v) is 6.66. The second-order valence-electron chi connectivity index (χ2n) is 4.58. The van der Waals surface area contributed by atoms with Crippen molar-refractivity contribution in [1.29, 1.82) is 0 Å². The van der Waals surface area contributed by atoms with E-state index in [9.17, 15) is 9.59 Å². The highest BCUT2D eigenvalue weighted by molar-refractivity contribution is 6.34. The molecule has 1 heterocycles. The number of rotatable bonds is 2. The molecule has 0 aliphatic rings. The molecule has 0 fully saturated rings. The molecule has 0 spiro atoms. The van der Waals surface area contributed by atoms with Crippen molar-refractivity contribution < 1.29 is 9.59 Å². The van der Waals surface area contributed by atoms with Gasteiger partial charge < -0.3 is 5.73 Å². The van der Waals surface area contributed by atoms with E-state index in [1.807, 2.05) is 0 Å². The summed E-state index contributed by atoms with van der Waals surface area (Å²) < 4.78 is 1.40. The van der Waals surface area contributed by atoms with E-state index in [0.29, 0.717) is 27.1 Å². The van der Waals surface area contributed by atoms with Gasteiger partial charge in [-0.05, 0) is 18.2 Å². The number of aromatic nitrogens is 1. The van der Waals surface area contributed by atoms with Crippen LogP contribution in [0.5, 0.6) is 0 Å². The van der Waals surface area contributed by atoms with Gasteiger partial charge in [-0.1, -0.05) is 41.9 Å². The number of amides is 1.